The number of para-hydroxylation sites is 1. The van der Waals surface area contributed by atoms with Crippen LogP contribution in [0.3, 0.4) is 0 Å². The van der Waals surface area contributed by atoms with Crippen LogP contribution in [-0.2, 0) is 0 Å². The molecule has 1 aromatic carbocycles. The third-order valence-corrected chi connectivity index (χ3v) is 4.01. The number of benzene rings is 1. The van der Waals surface area contributed by atoms with Crippen molar-refractivity contribution >= 4 is 34.0 Å². The molecule has 4 heteroatoms. The van der Waals surface area contributed by atoms with Gasteiger partial charge in [0.25, 0.3) is 0 Å². The summed E-state index contributed by atoms with van der Waals surface area (Å²) >= 11 is 6.26. The lowest BCUT2D eigenvalue weighted by Crippen LogP contribution is -2.30. The fraction of sp³-hybridized carbons (Fsp3) is 0.400. The second kappa shape index (κ2) is 5.25. The molecule has 0 radical (unpaired) electrons. The second-order valence-corrected chi connectivity index (χ2v) is 5.38. The molecule has 1 N–H and O–H groups in total. The van der Waals surface area contributed by atoms with Crippen molar-refractivity contribution < 1.29 is 0 Å². The van der Waals surface area contributed by atoms with E-state index in [4.69, 9.17) is 16.6 Å². The van der Waals surface area contributed by atoms with Crippen LogP contribution in [-0.4, -0.2) is 25.1 Å². The maximum atomic E-state index is 6.26. The van der Waals surface area contributed by atoms with Gasteiger partial charge in [-0.15, -0.1) is 0 Å². The number of fused-ring (bicyclic) bond motifs is 1. The van der Waals surface area contributed by atoms with Gasteiger partial charge < -0.3 is 10.2 Å². The van der Waals surface area contributed by atoms with E-state index in [1.807, 2.05) is 19.2 Å². The van der Waals surface area contributed by atoms with Gasteiger partial charge >= 0.3 is 0 Å². The highest BCUT2D eigenvalue weighted by Gasteiger charge is 2.17. The fourth-order valence-electron chi connectivity index (χ4n) is 2.68. The molecule has 1 aliphatic rings. The number of nitrogens with one attached hydrogen (secondary N) is 1. The first kappa shape index (κ1) is 12.5. The summed E-state index contributed by atoms with van der Waals surface area (Å²) in [5.41, 5.74) is 1.97. The number of nitrogens with zero attached hydrogens (tertiary/aromatic N) is 2. The maximum absolute atomic E-state index is 6.26. The zero-order valence-electron chi connectivity index (χ0n) is 11.1. The summed E-state index contributed by atoms with van der Waals surface area (Å²) in [7, 11) is 1.95. The van der Waals surface area contributed by atoms with Gasteiger partial charge in [-0.3, -0.25) is 0 Å². The molecule has 0 atom stereocenters. The van der Waals surface area contributed by atoms with E-state index in [0.717, 1.165) is 40.5 Å². The van der Waals surface area contributed by atoms with Crippen molar-refractivity contribution in [2.24, 2.45) is 0 Å². The standard InChI is InChI=1S/C15H18ClN3/c1-17-13-10-11-6-5-7-12(16)14(11)18-15(13)19-8-3-2-4-9-19/h5-7,10,17H,2-4,8-9H2,1H3. The Hall–Kier alpha value is -1.48. The van der Waals surface area contributed by atoms with Gasteiger partial charge in [0.2, 0.25) is 0 Å². The SMILES string of the molecule is CNc1cc2cccc(Cl)c2nc1N1CCCCC1. The third kappa shape index (κ3) is 2.35. The van der Waals surface area contributed by atoms with Crippen LogP contribution in [0, 0.1) is 0 Å². The van der Waals surface area contributed by atoms with Gasteiger partial charge in [-0.2, -0.15) is 0 Å². The Bertz CT molecular complexity index is 591. The average Bonchev–Trinajstić information content (AvgIpc) is 2.47. The van der Waals surface area contributed by atoms with Gasteiger partial charge in [0.15, 0.2) is 5.82 Å². The Balaban J connectivity index is 2.13. The topological polar surface area (TPSA) is 28.2 Å². The van der Waals surface area contributed by atoms with E-state index in [9.17, 15) is 0 Å². The van der Waals surface area contributed by atoms with Crippen LogP contribution < -0.4 is 10.2 Å². The minimum Gasteiger partial charge on any atom is -0.385 e. The first-order valence-electron chi connectivity index (χ1n) is 6.81. The van der Waals surface area contributed by atoms with E-state index in [-0.39, 0.29) is 0 Å². The van der Waals surface area contributed by atoms with Crippen LogP contribution >= 0.6 is 11.6 Å². The number of hydrogen-bond acceptors (Lipinski definition) is 3. The summed E-state index contributed by atoms with van der Waals surface area (Å²) in [6, 6.07) is 8.05. The molecule has 1 aliphatic heterocycles. The van der Waals surface area contributed by atoms with Gasteiger partial charge in [-0.1, -0.05) is 23.7 Å². The lowest BCUT2D eigenvalue weighted by atomic mass is 10.1. The lowest BCUT2D eigenvalue weighted by molar-refractivity contribution is 0.574. The molecule has 100 valence electrons. The highest BCUT2D eigenvalue weighted by atomic mass is 35.5. The van der Waals surface area contributed by atoms with Crippen molar-refractivity contribution in [3.63, 3.8) is 0 Å². The van der Waals surface area contributed by atoms with Crippen molar-refractivity contribution in [1.29, 1.82) is 0 Å². The van der Waals surface area contributed by atoms with Crippen molar-refractivity contribution in [2.45, 2.75) is 19.3 Å². The normalized spacial score (nSPS) is 15.8. The van der Waals surface area contributed by atoms with Crippen LogP contribution in [0.4, 0.5) is 11.5 Å². The number of pyridine rings is 1. The largest absolute Gasteiger partial charge is 0.385 e. The van der Waals surface area contributed by atoms with Crippen LogP contribution in [0.2, 0.25) is 5.02 Å². The minimum atomic E-state index is 0.721. The van der Waals surface area contributed by atoms with Crippen LogP contribution in [0.15, 0.2) is 24.3 Å². The molecule has 0 bridgehead atoms. The molecular formula is C15H18ClN3. The molecule has 0 aliphatic carbocycles. The van der Waals surface area contributed by atoms with Crippen LogP contribution in [0.1, 0.15) is 19.3 Å². The Morgan fingerprint density at radius 2 is 2.00 bits per heavy atom. The number of hydrogen-bond donors (Lipinski definition) is 1. The predicted molar refractivity (Wildman–Crippen MR) is 82.4 cm³/mol. The predicted octanol–water partition coefficient (Wildman–Crippen LogP) is 3.92. The molecule has 3 nitrogen and oxygen atoms in total. The molecule has 1 fully saturated rings. The Morgan fingerprint density at radius 3 is 2.74 bits per heavy atom. The Labute approximate surface area is 118 Å². The minimum absolute atomic E-state index is 0.721. The van der Waals surface area contributed by atoms with E-state index in [2.05, 4.69) is 22.3 Å². The highest BCUT2D eigenvalue weighted by Crippen LogP contribution is 2.32. The van der Waals surface area contributed by atoms with Gasteiger partial charge in [0.1, 0.15) is 0 Å². The third-order valence-electron chi connectivity index (χ3n) is 3.70. The van der Waals surface area contributed by atoms with Crippen LogP contribution in [0.25, 0.3) is 10.9 Å². The van der Waals surface area contributed by atoms with Gasteiger partial charge in [0.05, 0.1) is 16.2 Å². The van der Waals surface area contributed by atoms with E-state index >= 15 is 0 Å². The summed E-state index contributed by atoms with van der Waals surface area (Å²) in [6.07, 6.45) is 3.80. The molecule has 0 saturated carbocycles. The molecule has 1 aromatic heterocycles. The van der Waals surface area contributed by atoms with E-state index in [1.165, 1.54) is 19.3 Å². The first-order valence-corrected chi connectivity index (χ1v) is 7.19. The summed E-state index contributed by atoms with van der Waals surface area (Å²) in [5.74, 6) is 1.03. The molecule has 19 heavy (non-hydrogen) atoms. The summed E-state index contributed by atoms with van der Waals surface area (Å²) in [5, 5.41) is 5.06. The lowest BCUT2D eigenvalue weighted by Gasteiger charge is -2.29. The van der Waals surface area contributed by atoms with E-state index in [1.54, 1.807) is 0 Å². The molecule has 1 saturated heterocycles. The van der Waals surface area contributed by atoms with Crippen molar-refractivity contribution in [1.82, 2.24) is 4.98 Å². The zero-order valence-corrected chi connectivity index (χ0v) is 11.9. The summed E-state index contributed by atoms with van der Waals surface area (Å²) in [4.78, 5) is 7.16. The van der Waals surface area contributed by atoms with Gasteiger partial charge in [-0.05, 0) is 31.4 Å². The monoisotopic (exact) mass is 275 g/mol. The molecule has 2 heterocycles. The van der Waals surface area contributed by atoms with E-state index < -0.39 is 0 Å². The van der Waals surface area contributed by atoms with Crippen molar-refractivity contribution in [2.75, 3.05) is 30.4 Å². The summed E-state index contributed by atoms with van der Waals surface area (Å²) in [6.45, 7) is 2.16. The maximum Gasteiger partial charge on any atom is 0.152 e. The average molecular weight is 276 g/mol. The number of aromatic nitrogens is 1. The van der Waals surface area contributed by atoms with Crippen molar-refractivity contribution in [3.05, 3.63) is 29.3 Å². The zero-order chi connectivity index (χ0) is 13.2. The Morgan fingerprint density at radius 1 is 1.21 bits per heavy atom. The smallest absolute Gasteiger partial charge is 0.152 e. The highest BCUT2D eigenvalue weighted by molar-refractivity contribution is 6.35. The molecule has 2 aromatic rings. The molecule has 0 unspecified atom stereocenters. The van der Waals surface area contributed by atoms with E-state index in [0.29, 0.717) is 0 Å². The molecule has 0 spiro atoms. The quantitative estimate of drug-likeness (QED) is 0.900. The van der Waals surface area contributed by atoms with Crippen LogP contribution in [0.5, 0.6) is 0 Å². The van der Waals surface area contributed by atoms with Gasteiger partial charge in [0, 0.05) is 25.5 Å². The molecule has 0 amide bonds. The first-order chi connectivity index (χ1) is 9.29. The summed E-state index contributed by atoms with van der Waals surface area (Å²) < 4.78 is 0. The second-order valence-electron chi connectivity index (χ2n) is 4.97. The number of piperidine rings is 1. The van der Waals surface area contributed by atoms with Gasteiger partial charge in [-0.25, -0.2) is 4.98 Å². The van der Waals surface area contributed by atoms with Crippen molar-refractivity contribution in [3.8, 4) is 0 Å². The number of anilines is 2. The Kier molecular flexibility index (Phi) is 3.47. The molecular weight excluding hydrogens is 258 g/mol. The number of halogens is 1. The number of rotatable bonds is 2. The fourth-order valence-corrected chi connectivity index (χ4v) is 2.91. The molecule has 3 rings (SSSR count).